The highest BCUT2D eigenvalue weighted by atomic mass is 19.1. The first-order chi connectivity index (χ1) is 15.6. The maximum atomic E-state index is 14.1. The molecule has 2 aliphatic heterocycles. The minimum absolute atomic E-state index is 0.0508. The zero-order valence-corrected chi connectivity index (χ0v) is 12.5. The molecule has 0 saturated carbocycles. The van der Waals surface area contributed by atoms with Crippen LogP contribution in [0.4, 0.5) is 4.39 Å². The van der Waals surface area contributed by atoms with Crippen LogP contribution in [0, 0.1) is 11.7 Å². The highest BCUT2D eigenvalue weighted by molar-refractivity contribution is 5.46. The normalized spacial score (nSPS) is 38.7. The lowest BCUT2D eigenvalue weighted by Gasteiger charge is -2.32. The highest BCUT2D eigenvalue weighted by Gasteiger charge is 2.27. The molecule has 2 heterocycles. The van der Waals surface area contributed by atoms with Crippen molar-refractivity contribution in [3.63, 3.8) is 0 Å². The molecule has 0 spiro atoms. The molecule has 2 atom stereocenters. The van der Waals surface area contributed by atoms with Crippen molar-refractivity contribution in [3.05, 3.63) is 53.7 Å². The van der Waals surface area contributed by atoms with Gasteiger partial charge in [0, 0.05) is 24.0 Å². The van der Waals surface area contributed by atoms with Gasteiger partial charge < -0.3 is 19.5 Å². The minimum atomic E-state index is -2.36. The van der Waals surface area contributed by atoms with Gasteiger partial charge in [-0.2, -0.15) is 0 Å². The second-order valence-electron chi connectivity index (χ2n) is 5.16. The quantitative estimate of drug-likeness (QED) is 0.927. The van der Waals surface area contributed by atoms with Gasteiger partial charge in [-0.05, 0) is 48.6 Å². The fourth-order valence-electron chi connectivity index (χ4n) is 2.43. The summed E-state index contributed by atoms with van der Waals surface area (Å²) in [4.78, 5) is 0. The third-order valence-electron chi connectivity index (χ3n) is 3.65. The molecule has 4 nitrogen and oxygen atoms in total. The predicted octanol–water partition coefficient (Wildman–Crippen LogP) is 3.33. The maximum absolute atomic E-state index is 14.1. The van der Waals surface area contributed by atoms with E-state index < -0.39 is 80.2 Å². The lowest BCUT2D eigenvalue weighted by atomic mass is 9.81. The summed E-state index contributed by atoms with van der Waals surface area (Å²) >= 11 is 0. The fraction of sp³-hybridized carbons (Fsp3) is 0.368. The molecule has 1 fully saturated rings. The lowest BCUT2D eigenvalue weighted by Crippen LogP contribution is -2.38. The van der Waals surface area contributed by atoms with E-state index in [-0.39, 0.29) is 17.2 Å². The summed E-state index contributed by atoms with van der Waals surface area (Å²) in [6, 6.07) is 0.409. The number of hydrogen-bond acceptors (Lipinski definition) is 4. The molecular formula is C19H20FNO3. The van der Waals surface area contributed by atoms with Gasteiger partial charge in [-0.3, -0.25) is 0 Å². The van der Waals surface area contributed by atoms with E-state index in [0.717, 1.165) is 0 Å². The van der Waals surface area contributed by atoms with Crippen molar-refractivity contribution in [2.45, 2.75) is 12.3 Å². The van der Waals surface area contributed by atoms with Gasteiger partial charge >= 0.3 is 0 Å². The number of hydrogen-bond donors (Lipinski definition) is 1. The van der Waals surface area contributed by atoms with Crippen molar-refractivity contribution in [3.8, 4) is 17.2 Å². The van der Waals surface area contributed by atoms with Crippen LogP contribution in [-0.4, -0.2) is 26.4 Å². The largest absolute Gasteiger partial charge is 0.493 e. The van der Waals surface area contributed by atoms with Gasteiger partial charge in [0.2, 0.25) is 6.75 Å². The van der Waals surface area contributed by atoms with Crippen molar-refractivity contribution >= 4 is 0 Å². The van der Waals surface area contributed by atoms with Crippen LogP contribution in [0.15, 0.2) is 42.4 Å². The first-order valence-corrected chi connectivity index (χ1v) is 7.25. The Kier molecular flexibility index (Phi) is 2.16. The van der Waals surface area contributed by atoms with Crippen LogP contribution < -0.4 is 19.5 Å². The Morgan fingerprint density at radius 1 is 1.29 bits per heavy atom. The predicted molar refractivity (Wildman–Crippen MR) is 88.2 cm³/mol. The van der Waals surface area contributed by atoms with E-state index in [1.54, 1.807) is 0 Å². The fourth-order valence-corrected chi connectivity index (χ4v) is 2.43. The Balaban J connectivity index is 1.72. The van der Waals surface area contributed by atoms with Gasteiger partial charge in [0.15, 0.2) is 11.5 Å². The molecule has 4 rings (SSSR count). The average molecular weight is 339 g/mol. The third kappa shape index (κ3) is 3.17. The number of nitrogens with one attached hydrogen (secondary N) is 1. The smallest absolute Gasteiger partial charge is 0.231 e. The molecule has 5 heteroatoms. The van der Waals surface area contributed by atoms with Crippen molar-refractivity contribution in [1.29, 1.82) is 0 Å². The summed E-state index contributed by atoms with van der Waals surface area (Å²) in [5.41, 5.74) is -0.591. The van der Waals surface area contributed by atoms with Gasteiger partial charge in [0.25, 0.3) is 0 Å². The van der Waals surface area contributed by atoms with E-state index in [1.807, 2.05) is 0 Å². The molecule has 0 aromatic heterocycles. The van der Waals surface area contributed by atoms with E-state index in [0.29, 0.717) is 0 Å². The number of benzene rings is 2. The summed E-state index contributed by atoms with van der Waals surface area (Å²) in [6.45, 7) is -5.54. The van der Waals surface area contributed by atoms with E-state index >= 15 is 0 Å². The zero-order chi connectivity index (χ0) is 25.3. The van der Waals surface area contributed by atoms with Gasteiger partial charge in [0.1, 0.15) is 14.3 Å². The van der Waals surface area contributed by atoms with Crippen molar-refractivity contribution in [2.75, 3.05) is 26.4 Å². The van der Waals surface area contributed by atoms with Crippen LogP contribution in [0.3, 0.4) is 0 Å². The molecule has 0 bridgehead atoms. The number of rotatable bonds is 4. The molecule has 24 heavy (non-hydrogen) atoms. The molecule has 0 radical (unpaired) electrons. The summed E-state index contributed by atoms with van der Waals surface area (Å²) in [6.07, 6.45) is -0.726. The van der Waals surface area contributed by atoms with Gasteiger partial charge in [-0.1, -0.05) is 12.1 Å². The number of piperidine rings is 1. The topological polar surface area (TPSA) is 39.7 Å². The molecule has 1 unspecified atom stereocenters. The average Bonchev–Trinajstić information content (AvgIpc) is 3.05. The lowest BCUT2D eigenvalue weighted by molar-refractivity contribution is 0.173. The van der Waals surface area contributed by atoms with Crippen LogP contribution in [0.1, 0.15) is 31.6 Å². The van der Waals surface area contributed by atoms with Crippen molar-refractivity contribution in [1.82, 2.24) is 5.32 Å². The molecule has 2 aromatic rings. The highest BCUT2D eigenvalue weighted by Crippen LogP contribution is 2.36. The SMILES string of the molecule is [2H]c1c([2H])c([C@]2([2H])CC([2H])([2H])NCC2([2H])COc2ccc3c(c2)OC([2H])([2H])O3)c([2H])c([2H])c1F. The van der Waals surface area contributed by atoms with Crippen LogP contribution in [-0.2, 0) is 0 Å². The van der Waals surface area contributed by atoms with Crippen molar-refractivity contribution in [2.24, 2.45) is 5.89 Å². The van der Waals surface area contributed by atoms with Crippen LogP contribution in [0.25, 0.3) is 0 Å². The molecular weight excluding hydrogens is 309 g/mol. The Morgan fingerprint density at radius 3 is 3.00 bits per heavy atom. The molecule has 0 aliphatic carbocycles. The summed E-state index contributed by atoms with van der Waals surface area (Å²) < 4.78 is 111. The summed E-state index contributed by atoms with van der Waals surface area (Å²) in [7, 11) is 0. The second kappa shape index (κ2) is 6.69. The van der Waals surface area contributed by atoms with E-state index in [1.165, 1.54) is 18.2 Å². The van der Waals surface area contributed by atoms with Gasteiger partial charge in [-0.15, -0.1) is 0 Å². The van der Waals surface area contributed by atoms with Gasteiger partial charge in [0.05, 0.1) is 12.1 Å². The molecule has 126 valence electrons. The van der Waals surface area contributed by atoms with Crippen LogP contribution in [0.5, 0.6) is 17.2 Å². The maximum Gasteiger partial charge on any atom is 0.231 e. The Hall–Kier alpha value is -2.27. The zero-order valence-electron chi connectivity index (χ0n) is 22.5. The molecule has 0 amide bonds. The number of ether oxygens (including phenoxy) is 3. The first kappa shape index (κ1) is 7.74. The Labute approximate surface area is 154 Å². The minimum Gasteiger partial charge on any atom is -0.493 e. The molecule has 2 aliphatic rings. The Morgan fingerprint density at radius 2 is 2.12 bits per heavy atom. The molecule has 1 N–H and O–H groups in total. The standard InChI is InChI=1S/C19H20FNO3/c20-15-3-1-13(2-4-15)17-7-8-21-10-14(17)11-22-16-5-6-18-19(9-16)24-12-23-18/h1-6,9,14,17,21H,7-8,10-12H2/t14?,17-/m0/s1/i1D,2D,3D,4D,8D2,12D2,14D,17D. The van der Waals surface area contributed by atoms with Crippen LogP contribution >= 0.6 is 0 Å². The van der Waals surface area contributed by atoms with E-state index in [4.69, 9.17) is 27.9 Å². The Bertz CT molecular complexity index is 1140. The van der Waals surface area contributed by atoms with Crippen LogP contribution in [0.2, 0.25) is 0 Å². The first-order valence-electron chi connectivity index (χ1n) is 12.3. The monoisotopic (exact) mass is 339 g/mol. The van der Waals surface area contributed by atoms with Crippen molar-refractivity contribution < 1.29 is 32.3 Å². The number of fused-ring (bicyclic) bond motifs is 1. The summed E-state index contributed by atoms with van der Waals surface area (Å²) in [5, 5.41) is 2.50. The third-order valence-corrected chi connectivity index (χ3v) is 3.65. The number of halogens is 1. The summed E-state index contributed by atoms with van der Waals surface area (Å²) in [5.74, 6) is -5.48. The van der Waals surface area contributed by atoms with E-state index in [2.05, 4.69) is 5.32 Å². The van der Waals surface area contributed by atoms with E-state index in [9.17, 15) is 4.39 Å². The van der Waals surface area contributed by atoms with Gasteiger partial charge in [-0.25, -0.2) is 4.39 Å². The second-order valence-corrected chi connectivity index (χ2v) is 5.16. The molecule has 1 saturated heterocycles. The molecule has 2 aromatic carbocycles.